The van der Waals surface area contributed by atoms with Crippen molar-refractivity contribution in [2.75, 3.05) is 18.4 Å². The van der Waals surface area contributed by atoms with Gasteiger partial charge in [0.05, 0.1) is 22.7 Å². The summed E-state index contributed by atoms with van der Waals surface area (Å²) in [6.45, 7) is 5.67. The average molecular weight is 587 g/mol. The van der Waals surface area contributed by atoms with E-state index in [9.17, 15) is 8.42 Å². The lowest BCUT2D eigenvalue weighted by Crippen LogP contribution is -2.38. The minimum atomic E-state index is -3.54. The van der Waals surface area contributed by atoms with Gasteiger partial charge in [0, 0.05) is 30.4 Å². The summed E-state index contributed by atoms with van der Waals surface area (Å²) in [4.78, 5) is 13.7. The molecule has 210 valence electrons. The van der Waals surface area contributed by atoms with E-state index in [0.717, 1.165) is 59.4 Å². The van der Waals surface area contributed by atoms with Crippen LogP contribution in [0.3, 0.4) is 0 Å². The molecule has 41 heavy (non-hydrogen) atoms. The molecule has 1 aliphatic rings. The van der Waals surface area contributed by atoms with E-state index < -0.39 is 9.84 Å². The maximum Gasteiger partial charge on any atom is 0.228 e. The normalized spacial score (nSPS) is 15.6. The number of piperidine rings is 1. The summed E-state index contributed by atoms with van der Waals surface area (Å²) < 4.78 is 37.3. The Morgan fingerprint density at radius 3 is 2.76 bits per heavy atom. The molecule has 0 spiro atoms. The minimum absolute atomic E-state index is 0.128. The molecule has 0 aliphatic carbocycles. The van der Waals surface area contributed by atoms with E-state index in [4.69, 9.17) is 9.72 Å². The molecule has 0 unspecified atom stereocenters. The van der Waals surface area contributed by atoms with Gasteiger partial charge in [0.2, 0.25) is 11.8 Å². The molecule has 4 heterocycles. The summed E-state index contributed by atoms with van der Waals surface area (Å²) >= 11 is 1.01. The standard InChI is InChI=1S/C30H30N6O3S2/c1-19-10-11-23-21(18-41(37,38)27-16-20(2)36-40-27)6-3-8-24(23)28(19)39-29-25(9-5-14-32-29)26-12-15-33-30(35-26)34-22-7-4-13-31-17-22/h3,5-6,8-12,14-16,22,31H,4,7,13,17-18H2,1-2H3,(H,33,34,35)/t22-/m0/s1. The van der Waals surface area contributed by atoms with Gasteiger partial charge < -0.3 is 15.4 Å². The van der Waals surface area contributed by atoms with Crippen LogP contribution >= 0.6 is 11.5 Å². The van der Waals surface area contributed by atoms with Crippen LogP contribution in [-0.2, 0) is 15.6 Å². The van der Waals surface area contributed by atoms with E-state index in [2.05, 4.69) is 25.0 Å². The van der Waals surface area contributed by atoms with Gasteiger partial charge in [0.15, 0.2) is 9.84 Å². The van der Waals surface area contributed by atoms with Crippen molar-refractivity contribution in [1.29, 1.82) is 0 Å². The van der Waals surface area contributed by atoms with Crippen LogP contribution in [0.15, 0.2) is 71.2 Å². The Labute approximate surface area is 243 Å². The Bertz CT molecular complexity index is 1820. The van der Waals surface area contributed by atoms with Gasteiger partial charge in [0.1, 0.15) is 9.96 Å². The molecule has 0 bridgehead atoms. The van der Waals surface area contributed by atoms with Gasteiger partial charge in [-0.15, -0.1) is 0 Å². The molecular formula is C30H30N6O3S2. The van der Waals surface area contributed by atoms with E-state index in [1.807, 2.05) is 55.5 Å². The SMILES string of the molecule is Cc1cc(S(=O)(=O)Cc2cccc3c(Oc4ncccc4-c4ccnc(N[C@H]5CCCNC5)n4)c(C)ccc23)sn1. The van der Waals surface area contributed by atoms with Crippen LogP contribution in [0.25, 0.3) is 22.0 Å². The van der Waals surface area contributed by atoms with Crippen LogP contribution in [0, 0.1) is 13.8 Å². The Hall–Kier alpha value is -3.93. The smallest absolute Gasteiger partial charge is 0.228 e. The fourth-order valence-electron chi connectivity index (χ4n) is 5.03. The molecular weight excluding hydrogens is 557 g/mol. The predicted octanol–water partition coefficient (Wildman–Crippen LogP) is 5.70. The quantitative estimate of drug-likeness (QED) is 0.236. The first-order chi connectivity index (χ1) is 19.9. The molecule has 0 amide bonds. The number of nitrogens with zero attached hydrogens (tertiary/aromatic N) is 4. The zero-order valence-corrected chi connectivity index (χ0v) is 24.4. The second kappa shape index (κ2) is 11.5. The van der Waals surface area contributed by atoms with Gasteiger partial charge in [-0.2, -0.15) is 4.37 Å². The van der Waals surface area contributed by atoms with Crippen LogP contribution in [0.1, 0.15) is 29.7 Å². The lowest BCUT2D eigenvalue weighted by molar-refractivity contribution is 0.466. The molecule has 1 saturated heterocycles. The minimum Gasteiger partial charge on any atom is -0.437 e. The van der Waals surface area contributed by atoms with E-state index in [1.54, 1.807) is 25.4 Å². The number of rotatable bonds is 8. The molecule has 6 rings (SSSR count). The summed E-state index contributed by atoms with van der Waals surface area (Å²) in [5.74, 6) is 1.46. The number of sulfone groups is 1. The second-order valence-electron chi connectivity index (χ2n) is 10.2. The summed E-state index contributed by atoms with van der Waals surface area (Å²) in [6, 6.07) is 17.0. The number of aromatic nitrogens is 4. The summed E-state index contributed by atoms with van der Waals surface area (Å²) in [7, 11) is -3.54. The highest BCUT2D eigenvalue weighted by Gasteiger charge is 2.21. The van der Waals surface area contributed by atoms with Crippen molar-refractivity contribution >= 4 is 38.1 Å². The number of pyridine rings is 1. The molecule has 1 fully saturated rings. The first-order valence-electron chi connectivity index (χ1n) is 13.5. The summed E-state index contributed by atoms with van der Waals surface area (Å²) in [5.41, 5.74) is 3.72. The van der Waals surface area contributed by atoms with Crippen molar-refractivity contribution in [2.24, 2.45) is 0 Å². The predicted molar refractivity (Wildman–Crippen MR) is 161 cm³/mol. The lowest BCUT2D eigenvalue weighted by Gasteiger charge is -2.23. The number of fused-ring (bicyclic) bond motifs is 1. The fourth-order valence-corrected chi connectivity index (χ4v) is 7.43. The van der Waals surface area contributed by atoms with Crippen LogP contribution in [-0.4, -0.2) is 46.9 Å². The molecule has 11 heteroatoms. The fraction of sp³-hybridized carbons (Fsp3) is 0.267. The van der Waals surface area contributed by atoms with Crippen molar-refractivity contribution in [1.82, 2.24) is 24.6 Å². The van der Waals surface area contributed by atoms with Crippen molar-refractivity contribution in [3.63, 3.8) is 0 Å². The van der Waals surface area contributed by atoms with E-state index in [0.29, 0.717) is 34.5 Å². The Kier molecular flexibility index (Phi) is 7.65. The molecule has 1 atom stereocenters. The third kappa shape index (κ3) is 5.92. The number of hydrogen-bond donors (Lipinski definition) is 2. The third-order valence-corrected chi connectivity index (χ3v) is 10.2. The molecule has 2 aromatic carbocycles. The van der Waals surface area contributed by atoms with Crippen LogP contribution < -0.4 is 15.4 Å². The molecule has 0 radical (unpaired) electrons. The van der Waals surface area contributed by atoms with Gasteiger partial charge >= 0.3 is 0 Å². The van der Waals surface area contributed by atoms with E-state index in [1.165, 1.54) is 0 Å². The number of nitrogens with one attached hydrogen (secondary N) is 2. The van der Waals surface area contributed by atoms with Gasteiger partial charge in [0.25, 0.3) is 0 Å². The summed E-state index contributed by atoms with van der Waals surface area (Å²) in [5, 5.41) is 8.45. The Morgan fingerprint density at radius 2 is 1.95 bits per heavy atom. The number of aryl methyl sites for hydroxylation is 2. The van der Waals surface area contributed by atoms with Crippen molar-refractivity contribution in [3.8, 4) is 22.9 Å². The highest BCUT2D eigenvalue weighted by molar-refractivity contribution is 7.92. The zero-order valence-electron chi connectivity index (χ0n) is 22.8. The maximum absolute atomic E-state index is 13.2. The van der Waals surface area contributed by atoms with Gasteiger partial charge in [-0.3, -0.25) is 0 Å². The Balaban J connectivity index is 1.33. The summed E-state index contributed by atoms with van der Waals surface area (Å²) in [6.07, 6.45) is 5.59. The third-order valence-electron chi connectivity index (χ3n) is 7.09. The molecule has 1 aliphatic heterocycles. The van der Waals surface area contributed by atoms with Gasteiger partial charge in [-0.05, 0) is 85.5 Å². The van der Waals surface area contributed by atoms with Crippen molar-refractivity contribution < 1.29 is 13.2 Å². The van der Waals surface area contributed by atoms with E-state index in [-0.39, 0.29) is 16.0 Å². The van der Waals surface area contributed by atoms with Crippen molar-refractivity contribution in [3.05, 3.63) is 83.8 Å². The Morgan fingerprint density at radius 1 is 1.05 bits per heavy atom. The molecule has 3 aromatic heterocycles. The second-order valence-corrected chi connectivity index (χ2v) is 13.2. The largest absolute Gasteiger partial charge is 0.437 e. The number of anilines is 1. The van der Waals surface area contributed by atoms with Crippen molar-refractivity contribution in [2.45, 2.75) is 42.7 Å². The van der Waals surface area contributed by atoms with Crippen LogP contribution in [0.5, 0.6) is 11.6 Å². The van der Waals surface area contributed by atoms with Gasteiger partial charge in [-0.1, -0.05) is 30.3 Å². The molecule has 2 N–H and O–H groups in total. The zero-order chi connectivity index (χ0) is 28.4. The van der Waals surface area contributed by atoms with Crippen LogP contribution in [0.2, 0.25) is 0 Å². The highest BCUT2D eigenvalue weighted by Crippen LogP contribution is 2.38. The van der Waals surface area contributed by atoms with E-state index >= 15 is 0 Å². The highest BCUT2D eigenvalue weighted by atomic mass is 32.2. The number of benzene rings is 2. The average Bonchev–Trinajstić information content (AvgIpc) is 3.43. The molecule has 0 saturated carbocycles. The first kappa shape index (κ1) is 27.3. The number of hydrogen-bond acceptors (Lipinski definition) is 10. The lowest BCUT2D eigenvalue weighted by atomic mass is 10.0. The first-order valence-corrected chi connectivity index (χ1v) is 15.9. The molecule has 9 nitrogen and oxygen atoms in total. The topological polar surface area (TPSA) is 119 Å². The monoisotopic (exact) mass is 586 g/mol. The molecule has 5 aromatic rings. The maximum atomic E-state index is 13.2. The van der Waals surface area contributed by atoms with Gasteiger partial charge in [-0.25, -0.2) is 23.4 Å². The number of ether oxygens (including phenoxy) is 1. The van der Waals surface area contributed by atoms with Crippen LogP contribution in [0.4, 0.5) is 5.95 Å².